The van der Waals surface area contributed by atoms with Crippen molar-refractivity contribution < 1.29 is 31.9 Å². The maximum atomic E-state index is 13.6. The number of ether oxygens (including phenoxy) is 1. The molecule has 4 nitrogen and oxygen atoms in total. The highest BCUT2D eigenvalue weighted by Gasteiger charge is 2.34. The van der Waals surface area contributed by atoms with Crippen molar-refractivity contribution >= 4 is 11.9 Å². The summed E-state index contributed by atoms with van der Waals surface area (Å²) >= 11 is 0. The lowest BCUT2D eigenvalue weighted by molar-refractivity contribution is -0.145. The summed E-state index contributed by atoms with van der Waals surface area (Å²) in [5, 5.41) is 2.31. The Balaban J connectivity index is 2.24. The van der Waals surface area contributed by atoms with Gasteiger partial charge in [0.05, 0.1) is 12.2 Å². The summed E-state index contributed by atoms with van der Waals surface area (Å²) in [4.78, 5) is 24.0. The largest absolute Gasteiger partial charge is 0.464 e. The number of hydrogen-bond acceptors (Lipinski definition) is 3. The number of carbonyl (C=O) groups excluding carboxylic acids is 2. The van der Waals surface area contributed by atoms with E-state index in [1.54, 1.807) is 0 Å². The molecule has 31 heavy (non-hydrogen) atoms. The Bertz CT molecular complexity index is 692. The van der Waals surface area contributed by atoms with Gasteiger partial charge in [-0.2, -0.15) is 13.2 Å². The fraction of sp³-hybridized carbons (Fsp3) is 0.652. The third kappa shape index (κ3) is 10.6. The second kappa shape index (κ2) is 14.0. The molecule has 0 spiro atoms. The van der Waals surface area contributed by atoms with Gasteiger partial charge in [-0.05, 0) is 31.5 Å². The molecule has 0 aliphatic heterocycles. The van der Waals surface area contributed by atoms with Crippen LogP contribution in [0.15, 0.2) is 18.2 Å². The zero-order valence-electron chi connectivity index (χ0n) is 18.3. The van der Waals surface area contributed by atoms with Crippen molar-refractivity contribution in [1.82, 2.24) is 5.32 Å². The van der Waals surface area contributed by atoms with Crippen LogP contribution in [0.25, 0.3) is 0 Å². The van der Waals surface area contributed by atoms with Crippen LogP contribution in [0.5, 0.6) is 0 Å². The molecule has 0 aromatic heterocycles. The van der Waals surface area contributed by atoms with E-state index in [0.717, 1.165) is 31.7 Å². The number of unbranched alkanes of at least 4 members (excludes halogenated alkanes) is 9. The highest BCUT2D eigenvalue weighted by Crippen LogP contribution is 2.31. The molecule has 0 radical (unpaired) electrons. The summed E-state index contributed by atoms with van der Waals surface area (Å²) in [6, 6.07) is 0.864. The molecule has 0 bridgehead atoms. The standard InChI is InChI=1S/C23H33F4NO3/c1-3-4-5-6-7-8-9-10-11-12-15-31-22(30)17(2)28-21(29)18-13-14-19(20(24)16-18)23(25,26)27/h13-14,16-17H,3-12,15H2,1-2H3,(H,28,29). The first-order chi connectivity index (χ1) is 14.7. The van der Waals surface area contributed by atoms with E-state index in [2.05, 4.69) is 12.2 Å². The van der Waals surface area contributed by atoms with Crippen LogP contribution in [0.4, 0.5) is 17.6 Å². The minimum absolute atomic E-state index is 0.241. The van der Waals surface area contributed by atoms with Crippen LogP contribution in [-0.4, -0.2) is 24.5 Å². The number of alkyl halides is 3. The Morgan fingerprint density at radius 3 is 2.03 bits per heavy atom. The van der Waals surface area contributed by atoms with Gasteiger partial charge in [0.1, 0.15) is 11.9 Å². The number of esters is 1. The van der Waals surface area contributed by atoms with E-state index in [4.69, 9.17) is 4.74 Å². The Hall–Kier alpha value is -2.12. The number of hydrogen-bond donors (Lipinski definition) is 1. The normalized spacial score (nSPS) is 12.5. The van der Waals surface area contributed by atoms with Gasteiger partial charge >= 0.3 is 12.1 Å². The number of carbonyl (C=O) groups is 2. The van der Waals surface area contributed by atoms with Crippen molar-refractivity contribution in [3.63, 3.8) is 0 Å². The molecule has 0 aliphatic rings. The predicted octanol–water partition coefficient (Wildman–Crippen LogP) is 6.43. The maximum Gasteiger partial charge on any atom is 0.419 e. The molecule has 0 fully saturated rings. The molecular formula is C23H33F4NO3. The predicted molar refractivity (Wildman–Crippen MR) is 111 cm³/mol. The Morgan fingerprint density at radius 1 is 0.968 bits per heavy atom. The molecule has 0 heterocycles. The zero-order valence-corrected chi connectivity index (χ0v) is 18.3. The summed E-state index contributed by atoms with van der Waals surface area (Å²) in [7, 11) is 0. The Labute approximate surface area is 181 Å². The van der Waals surface area contributed by atoms with Crippen molar-refractivity contribution in [3.8, 4) is 0 Å². The number of benzene rings is 1. The van der Waals surface area contributed by atoms with E-state index in [1.807, 2.05) is 0 Å². The first-order valence-electron chi connectivity index (χ1n) is 11.0. The Morgan fingerprint density at radius 2 is 1.52 bits per heavy atom. The molecule has 8 heteroatoms. The van der Waals surface area contributed by atoms with E-state index in [1.165, 1.54) is 45.4 Å². The topological polar surface area (TPSA) is 55.4 Å². The lowest BCUT2D eigenvalue weighted by atomic mass is 10.1. The van der Waals surface area contributed by atoms with Gasteiger partial charge in [0, 0.05) is 5.56 Å². The quantitative estimate of drug-likeness (QED) is 0.203. The molecule has 1 aromatic carbocycles. The Kier molecular flexibility index (Phi) is 12.2. The van der Waals surface area contributed by atoms with E-state index < -0.39 is 35.5 Å². The minimum atomic E-state index is -4.84. The molecule has 1 amide bonds. The minimum Gasteiger partial charge on any atom is -0.464 e. The van der Waals surface area contributed by atoms with Crippen LogP contribution in [0.3, 0.4) is 0 Å². The van der Waals surface area contributed by atoms with E-state index in [-0.39, 0.29) is 12.2 Å². The first-order valence-corrected chi connectivity index (χ1v) is 11.0. The van der Waals surface area contributed by atoms with Gasteiger partial charge in [-0.25, -0.2) is 9.18 Å². The lowest BCUT2D eigenvalue weighted by Gasteiger charge is -2.14. The average molecular weight is 448 g/mol. The number of halogens is 4. The van der Waals surface area contributed by atoms with E-state index in [9.17, 15) is 27.2 Å². The van der Waals surface area contributed by atoms with Crippen LogP contribution in [0.2, 0.25) is 0 Å². The zero-order chi connectivity index (χ0) is 23.3. The summed E-state index contributed by atoms with van der Waals surface area (Å²) in [6.07, 6.45) is 6.69. The van der Waals surface area contributed by atoms with Crippen molar-refractivity contribution in [2.45, 2.75) is 90.3 Å². The van der Waals surface area contributed by atoms with Gasteiger partial charge in [0.2, 0.25) is 0 Å². The number of nitrogens with one attached hydrogen (secondary N) is 1. The molecule has 176 valence electrons. The highest BCUT2D eigenvalue weighted by atomic mass is 19.4. The van der Waals surface area contributed by atoms with Gasteiger partial charge < -0.3 is 10.1 Å². The summed E-state index contributed by atoms with van der Waals surface area (Å²) in [5.41, 5.74) is -1.76. The van der Waals surface area contributed by atoms with Crippen molar-refractivity contribution in [1.29, 1.82) is 0 Å². The molecule has 1 N–H and O–H groups in total. The first kappa shape index (κ1) is 26.9. The number of rotatable bonds is 14. The highest BCUT2D eigenvalue weighted by molar-refractivity contribution is 5.96. The van der Waals surface area contributed by atoms with Gasteiger partial charge in [-0.1, -0.05) is 64.7 Å². The fourth-order valence-corrected chi connectivity index (χ4v) is 3.11. The molecule has 1 unspecified atom stereocenters. The smallest absolute Gasteiger partial charge is 0.419 e. The fourth-order valence-electron chi connectivity index (χ4n) is 3.11. The molecule has 0 saturated heterocycles. The van der Waals surface area contributed by atoms with Crippen molar-refractivity contribution in [3.05, 3.63) is 35.1 Å². The van der Waals surface area contributed by atoms with Crippen molar-refractivity contribution in [2.24, 2.45) is 0 Å². The monoisotopic (exact) mass is 447 g/mol. The van der Waals surface area contributed by atoms with Crippen LogP contribution in [-0.2, 0) is 15.7 Å². The second-order valence-electron chi connectivity index (χ2n) is 7.74. The second-order valence-corrected chi connectivity index (χ2v) is 7.74. The van der Waals surface area contributed by atoms with Crippen LogP contribution in [0.1, 0.15) is 94.0 Å². The lowest BCUT2D eigenvalue weighted by Crippen LogP contribution is -2.39. The van der Waals surface area contributed by atoms with Crippen molar-refractivity contribution in [2.75, 3.05) is 6.61 Å². The maximum absolute atomic E-state index is 13.6. The number of amides is 1. The summed E-state index contributed by atoms with van der Waals surface area (Å²) in [6.45, 7) is 3.84. The van der Waals surface area contributed by atoms with Gasteiger partial charge in [0.15, 0.2) is 0 Å². The van der Waals surface area contributed by atoms with Gasteiger partial charge in [-0.3, -0.25) is 4.79 Å². The van der Waals surface area contributed by atoms with Crippen LogP contribution in [0, 0.1) is 5.82 Å². The third-order valence-corrected chi connectivity index (χ3v) is 4.98. The van der Waals surface area contributed by atoms with Gasteiger partial charge in [0.25, 0.3) is 5.91 Å². The summed E-state index contributed by atoms with van der Waals surface area (Å²) < 4.78 is 56.5. The molecular weight excluding hydrogens is 414 g/mol. The molecule has 0 aliphatic carbocycles. The molecule has 1 rings (SSSR count). The van der Waals surface area contributed by atoms with Gasteiger partial charge in [-0.15, -0.1) is 0 Å². The SMILES string of the molecule is CCCCCCCCCCCCOC(=O)C(C)NC(=O)c1ccc(C(F)(F)F)c(F)c1. The molecule has 1 atom stereocenters. The molecule has 0 saturated carbocycles. The summed E-state index contributed by atoms with van der Waals surface area (Å²) in [5.74, 6) is -3.04. The third-order valence-electron chi connectivity index (χ3n) is 4.98. The van der Waals surface area contributed by atoms with Crippen LogP contribution < -0.4 is 5.32 Å². The van der Waals surface area contributed by atoms with Crippen LogP contribution >= 0.6 is 0 Å². The van der Waals surface area contributed by atoms with E-state index in [0.29, 0.717) is 12.1 Å². The average Bonchev–Trinajstić information content (AvgIpc) is 2.70. The molecule has 1 aromatic rings. The van der Waals surface area contributed by atoms with E-state index >= 15 is 0 Å².